The molecule has 0 aliphatic carbocycles. The predicted molar refractivity (Wildman–Crippen MR) is 191 cm³/mol. The van der Waals surface area contributed by atoms with Crippen molar-refractivity contribution in [2.75, 3.05) is 20.3 Å². The SMILES string of the molecule is COCC1O[C@H]2[C@H](n3ccc(=O)[nH]c3=O)O[C@]1(CO[Si](c1ccccc1)(c1ccccc1)C(C)(C)C)[C@H]2OCc1ccc2ccccc2c1. The monoisotopic (exact) mass is 678 g/mol. The number of aromatic amines is 1. The van der Waals surface area contributed by atoms with E-state index in [-0.39, 0.29) is 24.9 Å². The zero-order valence-corrected chi connectivity index (χ0v) is 29.2. The average molecular weight is 679 g/mol. The highest BCUT2D eigenvalue weighted by molar-refractivity contribution is 6.99. The van der Waals surface area contributed by atoms with Crippen LogP contribution in [-0.2, 0) is 30.0 Å². The van der Waals surface area contributed by atoms with E-state index in [4.69, 9.17) is 23.4 Å². The highest BCUT2D eigenvalue weighted by Crippen LogP contribution is 2.51. The number of hydrogen-bond acceptors (Lipinski definition) is 7. The summed E-state index contributed by atoms with van der Waals surface area (Å²) < 4.78 is 35.0. The van der Waals surface area contributed by atoms with Gasteiger partial charge in [-0.2, -0.15) is 0 Å². The summed E-state index contributed by atoms with van der Waals surface area (Å²) in [5, 5.41) is 4.22. The lowest BCUT2D eigenvalue weighted by molar-refractivity contribution is -0.232. The van der Waals surface area contributed by atoms with Crippen LogP contribution in [0.5, 0.6) is 0 Å². The number of H-pyrrole nitrogens is 1. The zero-order chi connectivity index (χ0) is 34.2. The van der Waals surface area contributed by atoms with Gasteiger partial charge in [-0.15, -0.1) is 0 Å². The molecule has 5 aromatic rings. The number of aromatic nitrogens is 2. The lowest BCUT2D eigenvalue weighted by Crippen LogP contribution is -2.68. The lowest BCUT2D eigenvalue weighted by atomic mass is 9.93. The van der Waals surface area contributed by atoms with E-state index in [0.717, 1.165) is 26.7 Å². The maximum atomic E-state index is 13.1. The molecular weight excluding hydrogens is 637 g/mol. The van der Waals surface area contributed by atoms with Crippen molar-refractivity contribution < 1.29 is 23.4 Å². The van der Waals surface area contributed by atoms with Crippen LogP contribution < -0.4 is 21.6 Å². The Kier molecular flexibility index (Phi) is 9.03. The van der Waals surface area contributed by atoms with Crippen LogP contribution in [0, 0.1) is 0 Å². The molecule has 1 N–H and O–H groups in total. The molecule has 49 heavy (non-hydrogen) atoms. The molecule has 0 radical (unpaired) electrons. The Morgan fingerprint density at radius 2 is 1.51 bits per heavy atom. The molecule has 254 valence electrons. The molecular formula is C39H42N2O7Si. The van der Waals surface area contributed by atoms with Crippen molar-refractivity contribution in [1.82, 2.24) is 9.55 Å². The molecule has 0 amide bonds. The number of nitrogens with one attached hydrogen (secondary N) is 1. The molecule has 0 spiro atoms. The lowest BCUT2D eigenvalue weighted by Gasteiger charge is -2.46. The molecule has 3 heterocycles. The number of benzene rings is 4. The Bertz CT molecular complexity index is 1990. The Labute approximate surface area is 286 Å². The van der Waals surface area contributed by atoms with Gasteiger partial charge in [-0.3, -0.25) is 14.3 Å². The first-order valence-corrected chi connectivity index (χ1v) is 18.5. The molecule has 2 aliphatic heterocycles. The molecule has 10 heteroatoms. The van der Waals surface area contributed by atoms with E-state index in [1.807, 2.05) is 24.3 Å². The Morgan fingerprint density at radius 1 is 0.857 bits per heavy atom. The molecule has 1 aromatic heterocycles. The number of fused-ring (bicyclic) bond motifs is 3. The highest BCUT2D eigenvalue weighted by atomic mass is 28.4. The summed E-state index contributed by atoms with van der Waals surface area (Å²) in [6, 6.07) is 36.6. The summed E-state index contributed by atoms with van der Waals surface area (Å²) >= 11 is 0. The first kappa shape index (κ1) is 33.3. The van der Waals surface area contributed by atoms with Crippen molar-refractivity contribution in [1.29, 1.82) is 0 Å². The van der Waals surface area contributed by atoms with Gasteiger partial charge >= 0.3 is 5.69 Å². The number of nitrogens with zero attached hydrogens (tertiary/aromatic N) is 1. The fourth-order valence-electron chi connectivity index (χ4n) is 7.61. The second-order valence-corrected chi connectivity index (χ2v) is 18.2. The molecule has 5 atom stereocenters. The van der Waals surface area contributed by atoms with Gasteiger partial charge in [0.2, 0.25) is 0 Å². The smallest absolute Gasteiger partial charge is 0.330 e. The van der Waals surface area contributed by atoms with Gasteiger partial charge in [0, 0.05) is 19.4 Å². The van der Waals surface area contributed by atoms with Crippen molar-refractivity contribution in [3.63, 3.8) is 0 Å². The van der Waals surface area contributed by atoms with Crippen LogP contribution in [0.15, 0.2) is 125 Å². The maximum absolute atomic E-state index is 13.1. The normalized spacial score (nSPS) is 23.7. The summed E-state index contributed by atoms with van der Waals surface area (Å²) in [5.74, 6) is 0. The van der Waals surface area contributed by atoms with E-state index in [1.54, 1.807) is 7.11 Å². The molecule has 2 bridgehead atoms. The summed E-state index contributed by atoms with van der Waals surface area (Å²) in [6.45, 7) is 7.30. The number of rotatable bonds is 11. The van der Waals surface area contributed by atoms with E-state index in [1.165, 1.54) is 16.8 Å². The van der Waals surface area contributed by atoms with Crippen LogP contribution >= 0.6 is 0 Å². The second kappa shape index (κ2) is 13.3. The summed E-state index contributed by atoms with van der Waals surface area (Å²) in [7, 11) is -1.40. The van der Waals surface area contributed by atoms with Crippen molar-refractivity contribution in [3.8, 4) is 0 Å². The number of hydrogen-bond donors (Lipinski definition) is 1. The molecule has 2 saturated heterocycles. The molecule has 7 rings (SSSR count). The van der Waals surface area contributed by atoms with Crippen molar-refractivity contribution in [2.45, 2.75) is 62.6 Å². The van der Waals surface area contributed by atoms with Crippen LogP contribution in [0.1, 0.15) is 32.6 Å². The molecule has 2 fully saturated rings. The van der Waals surface area contributed by atoms with Gasteiger partial charge in [0.25, 0.3) is 13.9 Å². The fourth-order valence-corrected chi connectivity index (χ4v) is 12.2. The predicted octanol–water partition coefficient (Wildman–Crippen LogP) is 4.53. The maximum Gasteiger partial charge on any atom is 0.330 e. The molecule has 0 saturated carbocycles. The third-order valence-electron chi connectivity index (χ3n) is 9.89. The Hall–Kier alpha value is -4.16. The number of methoxy groups -OCH3 is 1. The summed E-state index contributed by atoms with van der Waals surface area (Å²) in [4.78, 5) is 27.5. The topological polar surface area (TPSA) is 101 Å². The third kappa shape index (κ3) is 5.92. The Morgan fingerprint density at radius 3 is 2.14 bits per heavy atom. The standard InChI is InChI=1S/C39H42N2O7Si/c1-38(2,3)49(30-15-7-5-8-16-30,31-17-9-6-10-18-31)46-26-39-32(25-44-4)47-34(36(48-39)41-22-21-33(42)40-37(41)43)35(39)45-24-27-19-20-28-13-11-12-14-29(28)23-27/h5-23,32,34-36H,24-26H2,1-4H3,(H,40,42,43)/t32?,34-,35+,36-,39+/m1/s1. The van der Waals surface area contributed by atoms with Crippen LogP contribution in [0.4, 0.5) is 0 Å². The minimum Gasteiger partial charge on any atom is -0.404 e. The minimum absolute atomic E-state index is 0.113. The summed E-state index contributed by atoms with van der Waals surface area (Å²) in [6.07, 6.45) is -1.31. The van der Waals surface area contributed by atoms with Gasteiger partial charge in [0.05, 0.1) is 19.8 Å². The van der Waals surface area contributed by atoms with Crippen LogP contribution in [0.25, 0.3) is 10.8 Å². The quantitative estimate of drug-likeness (QED) is 0.205. The van der Waals surface area contributed by atoms with Crippen LogP contribution in [0.2, 0.25) is 5.04 Å². The van der Waals surface area contributed by atoms with E-state index < -0.39 is 49.7 Å². The van der Waals surface area contributed by atoms with Gasteiger partial charge in [0.15, 0.2) is 6.23 Å². The van der Waals surface area contributed by atoms with Gasteiger partial charge in [-0.25, -0.2) is 4.79 Å². The largest absolute Gasteiger partial charge is 0.404 e. The van der Waals surface area contributed by atoms with Crippen LogP contribution in [0.3, 0.4) is 0 Å². The average Bonchev–Trinajstić information content (AvgIpc) is 3.56. The van der Waals surface area contributed by atoms with Gasteiger partial charge in [-0.05, 0) is 37.8 Å². The van der Waals surface area contributed by atoms with Crippen LogP contribution in [-0.4, -0.2) is 62.1 Å². The van der Waals surface area contributed by atoms with E-state index >= 15 is 0 Å². The van der Waals surface area contributed by atoms with Crippen molar-refractivity contribution >= 4 is 29.5 Å². The van der Waals surface area contributed by atoms with Crippen molar-refractivity contribution in [2.24, 2.45) is 0 Å². The van der Waals surface area contributed by atoms with E-state index in [0.29, 0.717) is 0 Å². The first-order chi connectivity index (χ1) is 23.7. The van der Waals surface area contributed by atoms with Gasteiger partial charge < -0.3 is 23.4 Å². The minimum atomic E-state index is -3.03. The molecule has 4 aromatic carbocycles. The van der Waals surface area contributed by atoms with E-state index in [2.05, 4.69) is 105 Å². The first-order valence-electron chi connectivity index (χ1n) is 16.6. The molecule has 9 nitrogen and oxygen atoms in total. The van der Waals surface area contributed by atoms with Crippen molar-refractivity contribution in [3.05, 3.63) is 142 Å². The van der Waals surface area contributed by atoms with Gasteiger partial charge in [0.1, 0.15) is 23.9 Å². The molecule has 1 unspecified atom stereocenters. The van der Waals surface area contributed by atoms with Gasteiger partial charge in [-0.1, -0.05) is 118 Å². The zero-order valence-electron chi connectivity index (χ0n) is 28.2. The third-order valence-corrected chi connectivity index (χ3v) is 14.9. The fraction of sp³-hybridized carbons (Fsp3) is 0.333. The van der Waals surface area contributed by atoms with E-state index in [9.17, 15) is 9.59 Å². The summed E-state index contributed by atoms with van der Waals surface area (Å²) in [5.41, 5.74) is -1.25. The highest BCUT2D eigenvalue weighted by Gasteiger charge is 2.69. The number of ether oxygens (including phenoxy) is 4. The molecule has 2 aliphatic rings. The second-order valence-electron chi connectivity index (χ2n) is 13.9. The Balaban J connectivity index is 1.32.